The first-order valence-electron chi connectivity index (χ1n) is 7.02. The number of benzene rings is 2. The molecule has 0 radical (unpaired) electrons. The predicted octanol–water partition coefficient (Wildman–Crippen LogP) is 5.42. The van der Waals surface area contributed by atoms with Crippen LogP contribution in [0.1, 0.15) is 16.1 Å². The summed E-state index contributed by atoms with van der Waals surface area (Å²) >= 11 is 11.7. The van der Waals surface area contributed by atoms with Crippen molar-refractivity contribution >= 4 is 35.1 Å². The van der Waals surface area contributed by atoms with Gasteiger partial charge in [-0.05, 0) is 60.7 Å². The summed E-state index contributed by atoms with van der Waals surface area (Å²) in [5, 5.41) is 7.69. The van der Waals surface area contributed by atoms with Gasteiger partial charge < -0.3 is 0 Å². The predicted molar refractivity (Wildman–Crippen MR) is 93.8 cm³/mol. The minimum Gasteiger partial charge on any atom is -0.289 e. The number of carbonyl (C=O) groups excluding carboxylic acids is 1. The van der Waals surface area contributed by atoms with Gasteiger partial charge in [-0.1, -0.05) is 23.2 Å². The minimum absolute atomic E-state index is 0.202. The molecule has 0 saturated carbocycles. The van der Waals surface area contributed by atoms with Crippen LogP contribution in [-0.2, 0) is 0 Å². The minimum atomic E-state index is -0.304. The number of hydrogen-bond donors (Lipinski definition) is 1. The molecule has 3 aromatic rings. The second-order valence-electron chi connectivity index (χ2n) is 5.04. The number of nitrogens with one attached hydrogen (secondary N) is 1. The Morgan fingerprint density at radius 1 is 1.04 bits per heavy atom. The highest BCUT2D eigenvalue weighted by Crippen LogP contribution is 2.23. The van der Waals surface area contributed by atoms with Gasteiger partial charge in [-0.15, -0.1) is 0 Å². The highest BCUT2D eigenvalue weighted by molar-refractivity contribution is 6.42. The van der Waals surface area contributed by atoms with Crippen molar-refractivity contribution in [2.75, 3.05) is 0 Å². The van der Waals surface area contributed by atoms with Gasteiger partial charge in [0.05, 0.1) is 21.4 Å². The molecule has 3 nitrogen and oxygen atoms in total. The van der Waals surface area contributed by atoms with E-state index < -0.39 is 0 Å². The molecule has 0 fully saturated rings. The van der Waals surface area contributed by atoms with Crippen LogP contribution >= 0.6 is 23.2 Å². The zero-order chi connectivity index (χ0) is 17.1. The lowest BCUT2D eigenvalue weighted by Crippen LogP contribution is -1.93. The molecule has 0 saturated heterocycles. The first-order chi connectivity index (χ1) is 11.5. The summed E-state index contributed by atoms with van der Waals surface area (Å²) in [7, 11) is 0. The van der Waals surface area contributed by atoms with Gasteiger partial charge in [0, 0.05) is 11.1 Å². The van der Waals surface area contributed by atoms with Gasteiger partial charge in [-0.2, -0.15) is 5.10 Å². The Morgan fingerprint density at radius 3 is 2.50 bits per heavy atom. The molecule has 2 aromatic carbocycles. The average Bonchev–Trinajstić information content (AvgIpc) is 3.05. The molecule has 1 heterocycles. The average molecular weight is 361 g/mol. The fourth-order valence-electron chi connectivity index (χ4n) is 2.10. The monoisotopic (exact) mass is 360 g/mol. The van der Waals surface area contributed by atoms with E-state index in [-0.39, 0.29) is 11.6 Å². The molecule has 120 valence electrons. The molecule has 24 heavy (non-hydrogen) atoms. The Labute approximate surface area is 147 Å². The van der Waals surface area contributed by atoms with Gasteiger partial charge in [0.2, 0.25) is 0 Å². The Bertz CT molecular complexity index is 917. The number of halogens is 3. The topological polar surface area (TPSA) is 45.8 Å². The number of carbonyl (C=O) groups is 1. The zero-order valence-corrected chi connectivity index (χ0v) is 13.8. The van der Waals surface area contributed by atoms with E-state index in [2.05, 4.69) is 10.2 Å². The fraction of sp³-hybridized carbons (Fsp3) is 0. The molecule has 0 aliphatic carbocycles. The van der Waals surface area contributed by atoms with Crippen LogP contribution < -0.4 is 0 Å². The first kappa shape index (κ1) is 16.4. The maximum absolute atomic E-state index is 12.9. The van der Waals surface area contributed by atoms with Gasteiger partial charge in [-0.3, -0.25) is 9.89 Å². The third-order valence-corrected chi connectivity index (χ3v) is 4.10. The molecule has 0 aliphatic heterocycles. The van der Waals surface area contributed by atoms with Crippen LogP contribution in [0.3, 0.4) is 0 Å². The van der Waals surface area contributed by atoms with Gasteiger partial charge in [0.25, 0.3) is 0 Å². The molecular weight excluding hydrogens is 350 g/mol. The number of allylic oxidation sites excluding steroid dienone is 1. The van der Waals surface area contributed by atoms with Crippen molar-refractivity contribution in [3.8, 4) is 11.3 Å². The number of nitrogens with zero attached hydrogens (tertiary/aromatic N) is 1. The lowest BCUT2D eigenvalue weighted by Gasteiger charge is -1.98. The van der Waals surface area contributed by atoms with Crippen LogP contribution in [-0.4, -0.2) is 16.0 Å². The van der Waals surface area contributed by atoms with E-state index in [4.69, 9.17) is 23.2 Å². The maximum atomic E-state index is 12.9. The summed E-state index contributed by atoms with van der Waals surface area (Å²) in [5.41, 5.74) is 2.54. The van der Waals surface area contributed by atoms with E-state index in [1.165, 1.54) is 24.3 Å². The van der Waals surface area contributed by atoms with Crippen LogP contribution in [0.2, 0.25) is 10.0 Å². The normalized spacial score (nSPS) is 11.1. The van der Waals surface area contributed by atoms with E-state index in [0.29, 0.717) is 27.0 Å². The molecule has 1 aromatic heterocycles. The standard InChI is InChI=1S/C18H11Cl2FN2O/c19-15-7-3-12(9-16(15)20)18(24)8-6-14-10-17(23-22-14)11-1-4-13(21)5-2-11/h1-10H,(H,22,23). The molecule has 1 N–H and O–H groups in total. The van der Waals surface area contributed by atoms with Crippen molar-refractivity contribution in [1.29, 1.82) is 0 Å². The van der Waals surface area contributed by atoms with Gasteiger partial charge in [0.1, 0.15) is 5.82 Å². The number of hydrogen-bond acceptors (Lipinski definition) is 2. The smallest absolute Gasteiger partial charge is 0.185 e. The van der Waals surface area contributed by atoms with Crippen molar-refractivity contribution in [1.82, 2.24) is 10.2 Å². The Morgan fingerprint density at radius 2 is 1.79 bits per heavy atom. The zero-order valence-electron chi connectivity index (χ0n) is 12.3. The highest BCUT2D eigenvalue weighted by atomic mass is 35.5. The summed E-state index contributed by atoms with van der Waals surface area (Å²) < 4.78 is 12.9. The third kappa shape index (κ3) is 3.72. The highest BCUT2D eigenvalue weighted by Gasteiger charge is 2.06. The van der Waals surface area contributed by atoms with Crippen molar-refractivity contribution in [3.05, 3.63) is 81.7 Å². The lowest BCUT2D eigenvalue weighted by atomic mass is 10.1. The summed E-state index contributed by atoms with van der Waals surface area (Å²) in [6, 6.07) is 12.5. The molecule has 0 unspecified atom stereocenters. The third-order valence-electron chi connectivity index (χ3n) is 3.36. The van der Waals surface area contributed by atoms with Crippen molar-refractivity contribution < 1.29 is 9.18 Å². The second-order valence-corrected chi connectivity index (χ2v) is 5.86. The van der Waals surface area contributed by atoms with Crippen molar-refractivity contribution in [2.24, 2.45) is 0 Å². The summed E-state index contributed by atoms with van der Waals surface area (Å²) in [6.45, 7) is 0. The van der Waals surface area contributed by atoms with Crippen LogP contribution in [0.4, 0.5) is 4.39 Å². The quantitative estimate of drug-likeness (QED) is 0.498. The van der Waals surface area contributed by atoms with Crippen LogP contribution in [0.5, 0.6) is 0 Å². The molecule has 0 amide bonds. The number of aromatic nitrogens is 2. The van der Waals surface area contributed by atoms with E-state index >= 15 is 0 Å². The SMILES string of the molecule is O=C(C=Cc1cc(-c2ccc(F)cc2)n[nH]1)c1ccc(Cl)c(Cl)c1. The van der Waals surface area contributed by atoms with Crippen molar-refractivity contribution in [3.63, 3.8) is 0 Å². The molecule has 0 spiro atoms. The molecule has 3 rings (SSSR count). The Hall–Kier alpha value is -2.43. The second kappa shape index (κ2) is 6.99. The van der Waals surface area contributed by atoms with Crippen LogP contribution in [0.15, 0.2) is 54.6 Å². The number of aromatic amines is 1. The van der Waals surface area contributed by atoms with E-state index in [1.54, 1.807) is 36.4 Å². The number of H-pyrrole nitrogens is 1. The van der Waals surface area contributed by atoms with Gasteiger partial charge in [0.15, 0.2) is 5.78 Å². The number of rotatable bonds is 4. The first-order valence-corrected chi connectivity index (χ1v) is 7.77. The van der Waals surface area contributed by atoms with Gasteiger partial charge in [-0.25, -0.2) is 4.39 Å². The molecular formula is C18H11Cl2FN2O. The largest absolute Gasteiger partial charge is 0.289 e. The molecule has 0 atom stereocenters. The summed E-state index contributed by atoms with van der Waals surface area (Å²) in [4.78, 5) is 12.1. The lowest BCUT2D eigenvalue weighted by molar-refractivity contribution is 0.104. The fourth-order valence-corrected chi connectivity index (χ4v) is 2.40. The van der Waals surface area contributed by atoms with Crippen LogP contribution in [0, 0.1) is 5.82 Å². The molecule has 0 aliphatic rings. The summed E-state index contributed by atoms with van der Waals surface area (Å²) in [6.07, 6.45) is 3.03. The van der Waals surface area contributed by atoms with E-state index in [0.717, 1.165) is 5.56 Å². The Kier molecular flexibility index (Phi) is 4.79. The van der Waals surface area contributed by atoms with E-state index in [1.807, 2.05) is 0 Å². The maximum Gasteiger partial charge on any atom is 0.185 e. The van der Waals surface area contributed by atoms with Crippen LogP contribution in [0.25, 0.3) is 17.3 Å². The number of ketones is 1. The van der Waals surface area contributed by atoms with Crippen molar-refractivity contribution in [2.45, 2.75) is 0 Å². The van der Waals surface area contributed by atoms with Gasteiger partial charge >= 0.3 is 0 Å². The molecule has 0 bridgehead atoms. The summed E-state index contributed by atoms with van der Waals surface area (Å²) in [5.74, 6) is -0.506. The molecule has 6 heteroatoms. The Balaban J connectivity index is 1.76. The van der Waals surface area contributed by atoms with E-state index in [9.17, 15) is 9.18 Å².